The first-order chi connectivity index (χ1) is 12.5. The van der Waals surface area contributed by atoms with E-state index in [1.807, 2.05) is 43.3 Å². The Balaban J connectivity index is 1.81. The van der Waals surface area contributed by atoms with Crippen molar-refractivity contribution in [3.05, 3.63) is 77.9 Å². The minimum absolute atomic E-state index is 0.0929. The van der Waals surface area contributed by atoms with Crippen LogP contribution in [0.4, 0.5) is 17.2 Å². The number of sulfonamides is 1. The van der Waals surface area contributed by atoms with E-state index >= 15 is 0 Å². The van der Waals surface area contributed by atoms with Gasteiger partial charge in [0, 0.05) is 17.3 Å². The van der Waals surface area contributed by atoms with Gasteiger partial charge in [-0.2, -0.15) is 0 Å². The minimum Gasteiger partial charge on any atom is -0.341 e. The number of benzene rings is 2. The van der Waals surface area contributed by atoms with E-state index in [2.05, 4.69) is 14.6 Å². The van der Waals surface area contributed by atoms with Gasteiger partial charge in [0.2, 0.25) is 0 Å². The Morgan fingerprint density at radius 1 is 1.00 bits per heavy atom. The van der Waals surface area contributed by atoms with Crippen molar-refractivity contribution in [3.8, 4) is 0 Å². The summed E-state index contributed by atoms with van der Waals surface area (Å²) >= 11 is 5.87. The van der Waals surface area contributed by atoms with E-state index in [9.17, 15) is 8.42 Å². The molecule has 0 saturated heterocycles. The van der Waals surface area contributed by atoms with Crippen LogP contribution < -0.4 is 9.62 Å². The first-order valence-electron chi connectivity index (χ1n) is 8.06. The third-order valence-electron chi connectivity index (χ3n) is 3.79. The summed E-state index contributed by atoms with van der Waals surface area (Å²) < 4.78 is 27.3. The number of anilines is 3. The Bertz CT molecular complexity index is 977. The Morgan fingerprint density at radius 2 is 1.77 bits per heavy atom. The Hall–Kier alpha value is -2.57. The van der Waals surface area contributed by atoms with Gasteiger partial charge < -0.3 is 4.90 Å². The molecule has 5 nitrogen and oxygen atoms in total. The number of hydrogen-bond donors (Lipinski definition) is 1. The normalized spacial score (nSPS) is 11.2. The maximum atomic E-state index is 12.4. The zero-order valence-electron chi connectivity index (χ0n) is 14.1. The van der Waals surface area contributed by atoms with Crippen LogP contribution >= 0.6 is 11.6 Å². The zero-order chi connectivity index (χ0) is 18.6. The molecule has 0 bridgehead atoms. The van der Waals surface area contributed by atoms with Gasteiger partial charge in [-0.3, -0.25) is 4.72 Å². The summed E-state index contributed by atoms with van der Waals surface area (Å²) in [5.74, 6) is 0.248. The van der Waals surface area contributed by atoms with Gasteiger partial charge in [0.25, 0.3) is 10.0 Å². The predicted molar refractivity (Wildman–Crippen MR) is 106 cm³/mol. The number of rotatable bonds is 6. The van der Waals surface area contributed by atoms with Crippen LogP contribution in [0.1, 0.15) is 6.92 Å². The van der Waals surface area contributed by atoms with E-state index in [0.717, 1.165) is 17.9 Å². The molecular weight excluding hydrogens is 370 g/mol. The van der Waals surface area contributed by atoms with Gasteiger partial charge in [-0.15, -0.1) is 0 Å². The molecule has 0 spiro atoms. The second-order valence-corrected chi connectivity index (χ2v) is 7.66. The average Bonchev–Trinajstić information content (AvgIpc) is 2.64. The zero-order valence-corrected chi connectivity index (χ0v) is 15.7. The van der Waals surface area contributed by atoms with E-state index in [1.54, 1.807) is 24.4 Å². The fraction of sp³-hybridized carbons (Fsp3) is 0.105. The molecule has 134 valence electrons. The maximum Gasteiger partial charge on any atom is 0.263 e. The molecule has 0 atom stereocenters. The van der Waals surface area contributed by atoms with Crippen LogP contribution in [0.15, 0.2) is 77.8 Å². The number of pyridine rings is 1. The summed E-state index contributed by atoms with van der Waals surface area (Å²) in [5, 5.41) is 0.359. The number of nitrogens with one attached hydrogen (secondary N) is 1. The summed E-state index contributed by atoms with van der Waals surface area (Å²) in [6.45, 7) is 2.81. The van der Waals surface area contributed by atoms with E-state index in [-0.39, 0.29) is 10.7 Å². The Morgan fingerprint density at radius 3 is 2.38 bits per heavy atom. The summed E-state index contributed by atoms with van der Waals surface area (Å²) in [7, 11) is -3.74. The van der Waals surface area contributed by atoms with Gasteiger partial charge in [0.05, 0.1) is 16.8 Å². The van der Waals surface area contributed by atoms with Gasteiger partial charge in [0.15, 0.2) is 0 Å². The van der Waals surface area contributed by atoms with Crippen molar-refractivity contribution in [2.75, 3.05) is 16.2 Å². The fourth-order valence-electron chi connectivity index (χ4n) is 2.56. The molecule has 3 rings (SSSR count). The Labute approximate surface area is 158 Å². The van der Waals surface area contributed by atoms with Crippen molar-refractivity contribution in [2.45, 2.75) is 11.8 Å². The molecule has 0 amide bonds. The highest BCUT2D eigenvalue weighted by atomic mass is 35.5. The first-order valence-corrected chi connectivity index (χ1v) is 9.93. The molecule has 0 saturated carbocycles. The molecule has 0 aliphatic carbocycles. The van der Waals surface area contributed by atoms with Crippen LogP contribution in [0.5, 0.6) is 0 Å². The van der Waals surface area contributed by atoms with E-state index in [0.29, 0.717) is 5.02 Å². The molecule has 0 aliphatic rings. The van der Waals surface area contributed by atoms with Crippen LogP contribution in [0.2, 0.25) is 5.02 Å². The van der Waals surface area contributed by atoms with Crippen molar-refractivity contribution < 1.29 is 8.42 Å². The van der Waals surface area contributed by atoms with Gasteiger partial charge >= 0.3 is 0 Å². The molecule has 0 radical (unpaired) electrons. The second-order valence-electron chi connectivity index (χ2n) is 5.54. The largest absolute Gasteiger partial charge is 0.341 e. The van der Waals surface area contributed by atoms with Gasteiger partial charge in [-0.05, 0) is 49.4 Å². The molecule has 3 aromatic rings. The van der Waals surface area contributed by atoms with Crippen molar-refractivity contribution in [2.24, 2.45) is 0 Å². The molecular formula is C19H18ClN3O2S. The van der Waals surface area contributed by atoms with Crippen molar-refractivity contribution in [1.29, 1.82) is 0 Å². The molecule has 1 aromatic heterocycles. The highest BCUT2D eigenvalue weighted by Crippen LogP contribution is 2.25. The van der Waals surface area contributed by atoms with Gasteiger partial charge in [0.1, 0.15) is 5.82 Å². The molecule has 1 N–H and O–H groups in total. The topological polar surface area (TPSA) is 62.3 Å². The predicted octanol–water partition coefficient (Wildman–Crippen LogP) is 4.69. The SMILES string of the molecule is CCN(c1ccccc1)c1ccc(NS(=O)(=O)c2cccc(Cl)c2)nc1. The van der Waals surface area contributed by atoms with Crippen LogP contribution in [0, 0.1) is 0 Å². The smallest absolute Gasteiger partial charge is 0.263 e. The van der Waals surface area contributed by atoms with Gasteiger partial charge in [-0.1, -0.05) is 35.9 Å². The summed E-state index contributed by atoms with van der Waals surface area (Å²) in [6, 6.07) is 19.5. The number of aromatic nitrogens is 1. The number of hydrogen-bond acceptors (Lipinski definition) is 4. The summed E-state index contributed by atoms with van der Waals surface area (Å²) in [4.78, 5) is 6.42. The van der Waals surface area contributed by atoms with Crippen molar-refractivity contribution in [3.63, 3.8) is 0 Å². The summed E-state index contributed by atoms with van der Waals surface area (Å²) in [6.07, 6.45) is 1.65. The van der Waals surface area contributed by atoms with Crippen LogP contribution in [-0.2, 0) is 10.0 Å². The average molecular weight is 388 g/mol. The van der Waals surface area contributed by atoms with Crippen LogP contribution in [0.3, 0.4) is 0 Å². The molecule has 0 unspecified atom stereocenters. The minimum atomic E-state index is -3.74. The molecule has 7 heteroatoms. The second kappa shape index (κ2) is 7.76. The molecule has 0 aliphatic heterocycles. The van der Waals surface area contributed by atoms with E-state index in [4.69, 9.17) is 11.6 Å². The van der Waals surface area contributed by atoms with Gasteiger partial charge in [-0.25, -0.2) is 13.4 Å². The van der Waals surface area contributed by atoms with Crippen LogP contribution in [-0.4, -0.2) is 19.9 Å². The third-order valence-corrected chi connectivity index (χ3v) is 5.38. The Kier molecular flexibility index (Phi) is 5.44. The lowest BCUT2D eigenvalue weighted by molar-refractivity contribution is 0.601. The first kappa shape index (κ1) is 18.2. The van der Waals surface area contributed by atoms with Crippen molar-refractivity contribution >= 4 is 38.8 Å². The number of halogens is 1. The van der Waals surface area contributed by atoms with E-state index in [1.165, 1.54) is 12.1 Å². The highest BCUT2D eigenvalue weighted by Gasteiger charge is 2.15. The third kappa shape index (κ3) is 4.15. The van der Waals surface area contributed by atoms with E-state index < -0.39 is 10.0 Å². The summed E-state index contributed by atoms with van der Waals surface area (Å²) in [5.41, 5.74) is 1.92. The lowest BCUT2D eigenvalue weighted by atomic mass is 10.2. The molecule has 0 fully saturated rings. The quantitative estimate of drug-likeness (QED) is 0.666. The number of nitrogens with zero attached hydrogens (tertiary/aromatic N) is 2. The fourth-order valence-corrected chi connectivity index (χ4v) is 3.87. The lowest BCUT2D eigenvalue weighted by Gasteiger charge is -2.23. The maximum absolute atomic E-state index is 12.4. The monoisotopic (exact) mass is 387 g/mol. The molecule has 26 heavy (non-hydrogen) atoms. The molecule has 2 aromatic carbocycles. The van der Waals surface area contributed by atoms with Crippen LogP contribution in [0.25, 0.3) is 0 Å². The lowest BCUT2D eigenvalue weighted by Crippen LogP contribution is -2.17. The standard InChI is InChI=1S/C19H18ClN3O2S/c1-2-23(16-8-4-3-5-9-16)17-11-12-19(21-14-17)22-26(24,25)18-10-6-7-15(20)13-18/h3-14H,2H2,1H3,(H,21,22). The highest BCUT2D eigenvalue weighted by molar-refractivity contribution is 7.92. The van der Waals surface area contributed by atoms with Crippen molar-refractivity contribution in [1.82, 2.24) is 4.98 Å². The molecule has 1 heterocycles. The number of para-hydroxylation sites is 1.